The lowest BCUT2D eigenvalue weighted by Crippen LogP contribution is -2.15. The molecule has 0 radical (unpaired) electrons. The maximum Gasteiger partial charge on any atom is 0.128 e. The van der Waals surface area contributed by atoms with Crippen LogP contribution in [0, 0.1) is 6.92 Å². The molecule has 0 spiro atoms. The van der Waals surface area contributed by atoms with E-state index in [-0.39, 0.29) is 0 Å². The van der Waals surface area contributed by atoms with Crippen LogP contribution >= 0.6 is 0 Å². The van der Waals surface area contributed by atoms with Gasteiger partial charge in [-0.25, -0.2) is 0 Å². The summed E-state index contributed by atoms with van der Waals surface area (Å²) in [6.45, 7) is 6.14. The molecule has 2 aromatic rings. The van der Waals surface area contributed by atoms with E-state index in [0.717, 1.165) is 42.2 Å². The van der Waals surface area contributed by atoms with Gasteiger partial charge in [0.2, 0.25) is 0 Å². The lowest BCUT2D eigenvalue weighted by atomic mass is 10.1. The van der Waals surface area contributed by atoms with E-state index in [2.05, 4.69) is 31.3 Å². The van der Waals surface area contributed by atoms with Crippen molar-refractivity contribution in [2.75, 3.05) is 13.7 Å². The van der Waals surface area contributed by atoms with Gasteiger partial charge in [0, 0.05) is 17.8 Å². The van der Waals surface area contributed by atoms with Gasteiger partial charge in [0.25, 0.3) is 0 Å². The number of ether oxygens (including phenoxy) is 1. The Kier molecular flexibility index (Phi) is 5.13. The van der Waals surface area contributed by atoms with Crippen molar-refractivity contribution < 1.29 is 4.74 Å². The molecule has 3 nitrogen and oxygen atoms in total. The minimum atomic E-state index is 0.858. The molecular formula is C17H22N2O. The number of hydrogen-bond acceptors (Lipinski definition) is 3. The molecular weight excluding hydrogens is 248 g/mol. The summed E-state index contributed by atoms with van der Waals surface area (Å²) in [5, 5.41) is 3.41. The van der Waals surface area contributed by atoms with Crippen LogP contribution in [0.5, 0.6) is 5.75 Å². The second kappa shape index (κ2) is 7.06. The van der Waals surface area contributed by atoms with Gasteiger partial charge in [0.05, 0.1) is 12.8 Å². The molecule has 0 saturated heterocycles. The number of aryl methyl sites for hydroxylation is 1. The fraction of sp³-hybridized carbons (Fsp3) is 0.353. The largest absolute Gasteiger partial charge is 0.496 e. The van der Waals surface area contributed by atoms with Gasteiger partial charge in [-0.3, -0.25) is 4.98 Å². The average Bonchev–Trinajstić information content (AvgIpc) is 2.49. The monoisotopic (exact) mass is 270 g/mol. The molecule has 0 unspecified atom stereocenters. The van der Waals surface area contributed by atoms with E-state index in [0.29, 0.717) is 0 Å². The molecule has 3 heteroatoms. The first-order valence-corrected chi connectivity index (χ1v) is 7.07. The maximum atomic E-state index is 5.40. The van der Waals surface area contributed by atoms with Crippen molar-refractivity contribution in [2.24, 2.45) is 0 Å². The van der Waals surface area contributed by atoms with Crippen molar-refractivity contribution >= 4 is 0 Å². The lowest BCUT2D eigenvalue weighted by molar-refractivity contribution is 0.416. The molecule has 0 saturated carbocycles. The highest BCUT2D eigenvalue weighted by atomic mass is 16.5. The first-order valence-electron chi connectivity index (χ1n) is 7.07. The van der Waals surface area contributed by atoms with Crippen LogP contribution in [0.15, 0.2) is 36.4 Å². The third-order valence-corrected chi connectivity index (χ3v) is 3.32. The zero-order valence-corrected chi connectivity index (χ0v) is 12.4. The highest BCUT2D eigenvalue weighted by Crippen LogP contribution is 2.28. The van der Waals surface area contributed by atoms with E-state index < -0.39 is 0 Å². The van der Waals surface area contributed by atoms with Gasteiger partial charge in [0.15, 0.2) is 0 Å². The standard InChI is InChI=1S/C17H22N2O/c1-4-11-18-12-14-9-10-16(19-13(14)2)15-7-5-6-8-17(15)20-3/h5-10,18H,4,11-12H2,1-3H3. The number of benzene rings is 1. The van der Waals surface area contributed by atoms with Crippen LogP contribution in [0.25, 0.3) is 11.3 Å². The predicted octanol–water partition coefficient (Wildman–Crippen LogP) is 3.57. The first kappa shape index (κ1) is 14.5. The van der Waals surface area contributed by atoms with Gasteiger partial charge in [-0.05, 0) is 43.7 Å². The summed E-state index contributed by atoms with van der Waals surface area (Å²) in [5.74, 6) is 0.858. The predicted molar refractivity (Wildman–Crippen MR) is 83.0 cm³/mol. The number of hydrogen-bond donors (Lipinski definition) is 1. The van der Waals surface area contributed by atoms with E-state index in [4.69, 9.17) is 9.72 Å². The van der Waals surface area contributed by atoms with Crippen LogP contribution < -0.4 is 10.1 Å². The van der Waals surface area contributed by atoms with Crippen LogP contribution in [-0.2, 0) is 6.54 Å². The molecule has 0 aliphatic heterocycles. The summed E-state index contributed by atoms with van der Waals surface area (Å²) in [7, 11) is 1.69. The Morgan fingerprint density at radius 2 is 1.95 bits per heavy atom. The molecule has 2 rings (SSSR count). The van der Waals surface area contributed by atoms with E-state index >= 15 is 0 Å². The van der Waals surface area contributed by atoms with Gasteiger partial charge in [-0.15, -0.1) is 0 Å². The van der Waals surface area contributed by atoms with Crippen molar-refractivity contribution in [3.8, 4) is 17.0 Å². The van der Waals surface area contributed by atoms with Gasteiger partial charge in [0.1, 0.15) is 5.75 Å². The fourth-order valence-corrected chi connectivity index (χ4v) is 2.18. The highest BCUT2D eigenvalue weighted by Gasteiger charge is 2.08. The van der Waals surface area contributed by atoms with Crippen LogP contribution in [-0.4, -0.2) is 18.6 Å². The van der Waals surface area contributed by atoms with Crippen molar-refractivity contribution in [2.45, 2.75) is 26.8 Å². The normalized spacial score (nSPS) is 10.6. The zero-order valence-electron chi connectivity index (χ0n) is 12.4. The van der Waals surface area contributed by atoms with Crippen LogP contribution in [0.2, 0.25) is 0 Å². The summed E-state index contributed by atoms with van der Waals surface area (Å²) in [4.78, 5) is 4.71. The number of rotatable bonds is 6. The number of para-hydroxylation sites is 1. The first-order chi connectivity index (χ1) is 9.76. The van der Waals surface area contributed by atoms with Crippen LogP contribution in [0.4, 0.5) is 0 Å². The van der Waals surface area contributed by atoms with Gasteiger partial charge < -0.3 is 10.1 Å². The van der Waals surface area contributed by atoms with E-state index in [1.54, 1.807) is 7.11 Å². The minimum absolute atomic E-state index is 0.858. The molecule has 1 aromatic heterocycles. The quantitative estimate of drug-likeness (QED) is 0.815. The van der Waals surface area contributed by atoms with Gasteiger partial charge >= 0.3 is 0 Å². The number of aromatic nitrogens is 1. The maximum absolute atomic E-state index is 5.40. The van der Waals surface area contributed by atoms with E-state index in [1.807, 2.05) is 24.3 Å². The topological polar surface area (TPSA) is 34.1 Å². The number of nitrogens with zero attached hydrogens (tertiary/aromatic N) is 1. The molecule has 0 bridgehead atoms. The van der Waals surface area contributed by atoms with Crippen LogP contribution in [0.3, 0.4) is 0 Å². The minimum Gasteiger partial charge on any atom is -0.496 e. The second-order valence-electron chi connectivity index (χ2n) is 4.82. The van der Waals surface area contributed by atoms with Crippen molar-refractivity contribution in [1.29, 1.82) is 0 Å². The third-order valence-electron chi connectivity index (χ3n) is 3.32. The Bertz CT molecular complexity index is 567. The Balaban J connectivity index is 2.24. The summed E-state index contributed by atoms with van der Waals surface area (Å²) < 4.78 is 5.40. The van der Waals surface area contributed by atoms with Crippen LogP contribution in [0.1, 0.15) is 24.6 Å². The Morgan fingerprint density at radius 3 is 2.65 bits per heavy atom. The van der Waals surface area contributed by atoms with E-state index in [1.165, 1.54) is 5.56 Å². The summed E-state index contributed by atoms with van der Waals surface area (Å²) in [6, 6.07) is 12.2. The number of pyridine rings is 1. The summed E-state index contributed by atoms with van der Waals surface area (Å²) in [6.07, 6.45) is 1.14. The third kappa shape index (κ3) is 3.36. The van der Waals surface area contributed by atoms with Crippen molar-refractivity contribution in [3.05, 3.63) is 47.7 Å². The molecule has 1 N–H and O–H groups in total. The Labute approximate surface area is 121 Å². The zero-order chi connectivity index (χ0) is 14.4. The van der Waals surface area contributed by atoms with E-state index in [9.17, 15) is 0 Å². The Hall–Kier alpha value is -1.87. The SMILES string of the molecule is CCCNCc1ccc(-c2ccccc2OC)nc1C. The lowest BCUT2D eigenvalue weighted by Gasteiger charge is -2.11. The molecule has 0 aliphatic carbocycles. The molecule has 0 aliphatic rings. The molecule has 0 amide bonds. The average molecular weight is 270 g/mol. The molecule has 0 atom stereocenters. The molecule has 0 fully saturated rings. The summed E-state index contributed by atoms with van der Waals surface area (Å²) >= 11 is 0. The highest BCUT2D eigenvalue weighted by molar-refractivity contribution is 5.67. The summed E-state index contributed by atoms with van der Waals surface area (Å²) in [5.41, 5.74) is 4.31. The van der Waals surface area contributed by atoms with Crippen molar-refractivity contribution in [3.63, 3.8) is 0 Å². The molecule has 1 aromatic carbocycles. The second-order valence-corrected chi connectivity index (χ2v) is 4.82. The smallest absolute Gasteiger partial charge is 0.128 e. The fourth-order valence-electron chi connectivity index (χ4n) is 2.18. The Morgan fingerprint density at radius 1 is 1.15 bits per heavy atom. The molecule has 1 heterocycles. The van der Waals surface area contributed by atoms with Gasteiger partial charge in [-0.1, -0.05) is 25.1 Å². The van der Waals surface area contributed by atoms with Crippen molar-refractivity contribution in [1.82, 2.24) is 10.3 Å². The number of nitrogens with one attached hydrogen (secondary N) is 1. The molecule has 20 heavy (non-hydrogen) atoms. The van der Waals surface area contributed by atoms with Gasteiger partial charge in [-0.2, -0.15) is 0 Å². The number of methoxy groups -OCH3 is 1. The molecule has 106 valence electrons.